The Hall–Kier alpha value is -0.870. The molecule has 0 N–H and O–H groups in total. The lowest BCUT2D eigenvalue weighted by atomic mass is 10.2. The molecule has 3 nitrogen and oxygen atoms in total. The fourth-order valence-electron chi connectivity index (χ4n) is 1.00. The van der Waals surface area contributed by atoms with Crippen molar-refractivity contribution < 1.29 is 14.3 Å². The summed E-state index contributed by atoms with van der Waals surface area (Å²) in [6.45, 7) is 1.06. The molecule has 1 aliphatic rings. The number of esters is 1. The topological polar surface area (TPSA) is 38.8 Å². The van der Waals surface area contributed by atoms with Crippen molar-refractivity contribution in [2.45, 2.75) is 6.10 Å². The van der Waals surface area contributed by atoms with Gasteiger partial charge in [-0.1, -0.05) is 15.9 Å². The molecule has 2 rings (SSSR count). The van der Waals surface area contributed by atoms with Gasteiger partial charge in [0, 0.05) is 4.47 Å². The quantitative estimate of drug-likeness (QED) is 0.614. The van der Waals surface area contributed by atoms with Gasteiger partial charge in [0.1, 0.15) is 12.7 Å². The van der Waals surface area contributed by atoms with Crippen LogP contribution in [0.4, 0.5) is 0 Å². The summed E-state index contributed by atoms with van der Waals surface area (Å²) >= 11 is 3.29. The maximum atomic E-state index is 11.4. The Labute approximate surface area is 90.1 Å². The number of carbonyl (C=O) groups is 1. The molecule has 1 unspecified atom stereocenters. The first-order valence-electron chi connectivity index (χ1n) is 4.30. The minimum atomic E-state index is -0.298. The normalized spacial score (nSPS) is 19.1. The Kier molecular flexibility index (Phi) is 2.84. The van der Waals surface area contributed by atoms with Gasteiger partial charge in [-0.05, 0) is 24.3 Å². The second kappa shape index (κ2) is 4.11. The van der Waals surface area contributed by atoms with Crippen molar-refractivity contribution in [3.8, 4) is 0 Å². The Morgan fingerprint density at radius 2 is 2.14 bits per heavy atom. The first-order chi connectivity index (χ1) is 6.75. The summed E-state index contributed by atoms with van der Waals surface area (Å²) < 4.78 is 10.9. The Morgan fingerprint density at radius 1 is 1.50 bits per heavy atom. The van der Waals surface area contributed by atoms with E-state index in [9.17, 15) is 4.79 Å². The van der Waals surface area contributed by atoms with Gasteiger partial charge in [0.05, 0.1) is 12.2 Å². The van der Waals surface area contributed by atoms with Crippen LogP contribution in [0.15, 0.2) is 28.7 Å². The van der Waals surface area contributed by atoms with Crippen molar-refractivity contribution in [2.24, 2.45) is 0 Å². The number of hydrogen-bond acceptors (Lipinski definition) is 3. The van der Waals surface area contributed by atoms with Gasteiger partial charge < -0.3 is 9.47 Å². The maximum Gasteiger partial charge on any atom is 0.338 e. The molecule has 1 aliphatic heterocycles. The zero-order valence-electron chi connectivity index (χ0n) is 7.40. The monoisotopic (exact) mass is 256 g/mol. The van der Waals surface area contributed by atoms with Crippen LogP contribution in [0, 0.1) is 0 Å². The summed E-state index contributed by atoms with van der Waals surface area (Å²) in [5.41, 5.74) is 0.564. The van der Waals surface area contributed by atoms with Crippen LogP contribution in [0.3, 0.4) is 0 Å². The zero-order chi connectivity index (χ0) is 9.97. The number of hydrogen-bond donors (Lipinski definition) is 0. The molecule has 1 fully saturated rings. The summed E-state index contributed by atoms with van der Waals surface area (Å²) in [7, 11) is 0. The predicted octanol–water partition coefficient (Wildman–Crippen LogP) is 2.00. The van der Waals surface area contributed by atoms with Crippen LogP contribution in [0.25, 0.3) is 0 Å². The van der Waals surface area contributed by atoms with E-state index in [4.69, 9.17) is 9.47 Å². The smallest absolute Gasteiger partial charge is 0.338 e. The van der Waals surface area contributed by atoms with Gasteiger partial charge in [-0.15, -0.1) is 0 Å². The van der Waals surface area contributed by atoms with Crippen LogP contribution in [0.5, 0.6) is 0 Å². The van der Waals surface area contributed by atoms with Gasteiger partial charge in [-0.3, -0.25) is 0 Å². The average Bonchev–Trinajstić information content (AvgIpc) is 2.99. The first kappa shape index (κ1) is 9.68. The van der Waals surface area contributed by atoms with Gasteiger partial charge in [-0.2, -0.15) is 0 Å². The van der Waals surface area contributed by atoms with E-state index in [1.54, 1.807) is 12.1 Å². The molecule has 0 spiro atoms. The number of epoxide rings is 1. The highest BCUT2D eigenvalue weighted by Gasteiger charge is 2.24. The largest absolute Gasteiger partial charge is 0.459 e. The van der Waals surface area contributed by atoms with Crippen molar-refractivity contribution in [2.75, 3.05) is 13.2 Å². The Morgan fingerprint density at radius 3 is 2.71 bits per heavy atom. The molecule has 0 bridgehead atoms. The standard InChI is InChI=1S/C10H9BrO3/c11-8-3-1-7(2-4-8)10(12)14-6-9-5-13-9/h1-4,9H,5-6H2. The molecule has 14 heavy (non-hydrogen) atoms. The summed E-state index contributed by atoms with van der Waals surface area (Å²) in [6.07, 6.45) is 0.120. The molecule has 0 saturated carbocycles. The van der Waals surface area contributed by atoms with Crippen molar-refractivity contribution in [3.05, 3.63) is 34.3 Å². The zero-order valence-corrected chi connectivity index (χ0v) is 8.99. The van der Waals surface area contributed by atoms with Crippen molar-refractivity contribution in [3.63, 3.8) is 0 Å². The molecule has 74 valence electrons. The van der Waals surface area contributed by atoms with E-state index in [-0.39, 0.29) is 12.1 Å². The summed E-state index contributed by atoms with van der Waals surface area (Å²) in [4.78, 5) is 11.4. The number of carbonyl (C=O) groups excluding carboxylic acids is 1. The highest BCUT2D eigenvalue weighted by atomic mass is 79.9. The average molecular weight is 257 g/mol. The summed E-state index contributed by atoms with van der Waals surface area (Å²) in [6, 6.07) is 7.06. The molecule has 4 heteroatoms. The minimum Gasteiger partial charge on any atom is -0.459 e. The van der Waals surface area contributed by atoms with Crippen LogP contribution in [0.2, 0.25) is 0 Å². The minimum absolute atomic E-state index is 0.120. The van der Waals surface area contributed by atoms with Gasteiger partial charge in [0.2, 0.25) is 0 Å². The fraction of sp³-hybridized carbons (Fsp3) is 0.300. The first-order valence-corrected chi connectivity index (χ1v) is 5.09. The van der Waals surface area contributed by atoms with E-state index in [0.29, 0.717) is 18.8 Å². The number of ether oxygens (including phenoxy) is 2. The van der Waals surface area contributed by atoms with E-state index >= 15 is 0 Å². The van der Waals surface area contributed by atoms with Gasteiger partial charge in [-0.25, -0.2) is 4.79 Å². The lowest BCUT2D eigenvalue weighted by molar-refractivity contribution is 0.0476. The molecule has 0 aromatic heterocycles. The van der Waals surface area contributed by atoms with Crippen LogP contribution in [0.1, 0.15) is 10.4 Å². The van der Waals surface area contributed by atoms with E-state index in [2.05, 4.69) is 15.9 Å². The number of rotatable bonds is 3. The highest BCUT2D eigenvalue weighted by Crippen LogP contribution is 2.13. The maximum absolute atomic E-state index is 11.4. The van der Waals surface area contributed by atoms with E-state index in [1.165, 1.54) is 0 Å². The lowest BCUT2D eigenvalue weighted by Gasteiger charge is -2.02. The molecule has 1 heterocycles. The number of benzene rings is 1. The molecular weight excluding hydrogens is 248 g/mol. The van der Waals surface area contributed by atoms with Crippen LogP contribution in [-0.4, -0.2) is 25.3 Å². The van der Waals surface area contributed by atoms with Gasteiger partial charge >= 0.3 is 5.97 Å². The lowest BCUT2D eigenvalue weighted by Crippen LogP contribution is -2.09. The molecule has 1 aromatic rings. The third-order valence-corrected chi connectivity index (χ3v) is 2.41. The molecule has 1 atom stereocenters. The molecule has 0 amide bonds. The highest BCUT2D eigenvalue weighted by molar-refractivity contribution is 9.10. The van der Waals surface area contributed by atoms with Crippen molar-refractivity contribution in [1.29, 1.82) is 0 Å². The van der Waals surface area contributed by atoms with Crippen LogP contribution >= 0.6 is 15.9 Å². The van der Waals surface area contributed by atoms with E-state index in [0.717, 1.165) is 4.47 Å². The Bertz CT molecular complexity index is 330. The second-order valence-corrected chi connectivity index (χ2v) is 3.98. The predicted molar refractivity (Wildman–Crippen MR) is 54.2 cm³/mol. The second-order valence-electron chi connectivity index (χ2n) is 3.06. The van der Waals surface area contributed by atoms with Crippen LogP contribution < -0.4 is 0 Å². The molecule has 1 saturated heterocycles. The van der Waals surface area contributed by atoms with Crippen molar-refractivity contribution in [1.82, 2.24) is 0 Å². The van der Waals surface area contributed by atoms with E-state index < -0.39 is 0 Å². The Balaban J connectivity index is 1.92. The van der Waals surface area contributed by atoms with Crippen LogP contribution in [-0.2, 0) is 9.47 Å². The molecule has 1 aromatic carbocycles. The molecule has 0 aliphatic carbocycles. The summed E-state index contributed by atoms with van der Waals surface area (Å²) in [5, 5.41) is 0. The van der Waals surface area contributed by atoms with E-state index in [1.807, 2.05) is 12.1 Å². The van der Waals surface area contributed by atoms with Crippen molar-refractivity contribution >= 4 is 21.9 Å². The fourth-order valence-corrected chi connectivity index (χ4v) is 1.27. The third kappa shape index (κ3) is 2.56. The molecular formula is C10H9BrO3. The number of halogens is 1. The third-order valence-electron chi connectivity index (χ3n) is 1.88. The molecule has 0 radical (unpaired) electrons. The summed E-state index contributed by atoms with van der Waals surface area (Å²) in [5.74, 6) is -0.298. The van der Waals surface area contributed by atoms with Gasteiger partial charge in [0.15, 0.2) is 0 Å². The van der Waals surface area contributed by atoms with Gasteiger partial charge in [0.25, 0.3) is 0 Å². The SMILES string of the molecule is O=C(OCC1CO1)c1ccc(Br)cc1.